The highest BCUT2D eigenvalue weighted by atomic mass is 19.4. The smallest absolute Gasteiger partial charge is 0.338 e. The normalized spacial score (nSPS) is 24.7. The van der Waals surface area contributed by atoms with Crippen LogP contribution in [0, 0.1) is 22.2 Å². The van der Waals surface area contributed by atoms with Crippen molar-refractivity contribution in [2.24, 2.45) is 10.8 Å². The van der Waals surface area contributed by atoms with Gasteiger partial charge in [-0.05, 0) is 18.9 Å². The van der Waals surface area contributed by atoms with Gasteiger partial charge in [0.05, 0.1) is 16.7 Å². The lowest BCUT2D eigenvalue weighted by molar-refractivity contribution is -0.138. The average molecular weight is 377 g/mol. The molecule has 8 heteroatoms. The second kappa shape index (κ2) is 6.19. The fourth-order valence-corrected chi connectivity index (χ4v) is 4.14. The third-order valence-electron chi connectivity index (χ3n) is 5.25. The zero-order valence-corrected chi connectivity index (χ0v) is 14.9. The monoisotopic (exact) mass is 377 g/mol. The van der Waals surface area contributed by atoms with E-state index in [0.29, 0.717) is 12.8 Å². The van der Waals surface area contributed by atoms with Gasteiger partial charge in [0.15, 0.2) is 5.78 Å². The van der Waals surface area contributed by atoms with E-state index in [1.54, 1.807) is 19.9 Å². The number of hydrogen-bond donors (Lipinski definition) is 0. The summed E-state index contributed by atoms with van der Waals surface area (Å²) in [5.41, 5.74) is -2.80. The van der Waals surface area contributed by atoms with Crippen molar-refractivity contribution in [3.63, 3.8) is 0 Å². The van der Waals surface area contributed by atoms with Crippen molar-refractivity contribution in [2.45, 2.75) is 32.9 Å². The van der Waals surface area contributed by atoms with E-state index in [4.69, 9.17) is 0 Å². The number of likely N-dealkylation sites (tertiary alicyclic amines) is 1. The summed E-state index contributed by atoms with van der Waals surface area (Å²) in [5, 5.41) is 9.26. The number of ketones is 1. The first-order valence-electron chi connectivity index (χ1n) is 8.47. The summed E-state index contributed by atoms with van der Waals surface area (Å²) in [7, 11) is 0. The molecule has 1 saturated heterocycles. The molecule has 0 N–H and O–H groups in total. The zero-order chi connectivity index (χ0) is 20.0. The Kier molecular flexibility index (Phi) is 4.37. The van der Waals surface area contributed by atoms with Gasteiger partial charge < -0.3 is 4.90 Å². The van der Waals surface area contributed by atoms with E-state index in [1.807, 2.05) is 6.07 Å². The second-order valence-corrected chi connectivity index (χ2v) is 7.82. The van der Waals surface area contributed by atoms with Gasteiger partial charge in [-0.15, -0.1) is 0 Å². The number of amides is 1. The first-order valence-corrected chi connectivity index (χ1v) is 8.47. The number of rotatable bonds is 1. The molecule has 0 saturated carbocycles. The third-order valence-corrected chi connectivity index (χ3v) is 5.25. The standard InChI is InChI=1S/C19H18F3N3O2/c1-17(2)10-18(7-12(8-23)15(17)26)4-6-25(11-18)16(27)13-9-24-5-3-14(13)19(20,21)22/h3,5,7,9H,4,6,10-11H2,1-2H3/t18-/m0/s1. The SMILES string of the molecule is CC1(C)C[C@@]2(C=C(C#N)C1=O)CCN(C(=O)c1cnccc1C(F)(F)F)C2. The van der Waals surface area contributed by atoms with Crippen LogP contribution in [0.3, 0.4) is 0 Å². The molecule has 1 aromatic rings. The van der Waals surface area contributed by atoms with Gasteiger partial charge >= 0.3 is 6.18 Å². The molecule has 1 aromatic heterocycles. The van der Waals surface area contributed by atoms with Crippen molar-refractivity contribution >= 4 is 11.7 Å². The number of hydrogen-bond acceptors (Lipinski definition) is 4. The predicted molar refractivity (Wildman–Crippen MR) is 89.3 cm³/mol. The van der Waals surface area contributed by atoms with Crippen molar-refractivity contribution in [3.05, 3.63) is 41.2 Å². The van der Waals surface area contributed by atoms with Gasteiger partial charge in [-0.3, -0.25) is 14.6 Å². The minimum atomic E-state index is -4.65. The van der Waals surface area contributed by atoms with E-state index in [0.717, 1.165) is 18.5 Å². The van der Waals surface area contributed by atoms with Gasteiger partial charge in [-0.1, -0.05) is 19.9 Å². The number of alkyl halides is 3. The Balaban J connectivity index is 1.92. The van der Waals surface area contributed by atoms with Gasteiger partial charge in [0.2, 0.25) is 0 Å². The van der Waals surface area contributed by atoms with E-state index in [1.165, 1.54) is 4.90 Å². The molecule has 142 valence electrons. The second-order valence-electron chi connectivity index (χ2n) is 7.82. The molecule has 1 fully saturated rings. The van der Waals surface area contributed by atoms with Crippen LogP contribution in [-0.4, -0.2) is 34.7 Å². The van der Waals surface area contributed by atoms with Crippen LogP contribution < -0.4 is 0 Å². The van der Waals surface area contributed by atoms with E-state index < -0.39 is 34.0 Å². The van der Waals surface area contributed by atoms with Gasteiger partial charge in [0.25, 0.3) is 5.91 Å². The molecule has 1 spiro atoms. The highest BCUT2D eigenvalue weighted by molar-refractivity contribution is 6.04. The van der Waals surface area contributed by atoms with E-state index in [-0.39, 0.29) is 24.4 Å². The van der Waals surface area contributed by atoms with Gasteiger partial charge in [-0.2, -0.15) is 18.4 Å². The van der Waals surface area contributed by atoms with Crippen LogP contribution in [0.4, 0.5) is 13.2 Å². The maximum atomic E-state index is 13.2. The Morgan fingerprint density at radius 1 is 1.37 bits per heavy atom. The van der Waals surface area contributed by atoms with Crippen LogP contribution in [0.25, 0.3) is 0 Å². The third kappa shape index (κ3) is 3.34. The highest BCUT2D eigenvalue weighted by Gasteiger charge is 2.49. The molecule has 2 heterocycles. The molecule has 3 rings (SSSR count). The van der Waals surface area contributed by atoms with E-state index in [2.05, 4.69) is 4.98 Å². The Labute approximate surface area is 154 Å². The van der Waals surface area contributed by atoms with Crippen molar-refractivity contribution in [3.8, 4) is 6.07 Å². The van der Waals surface area contributed by atoms with Gasteiger partial charge in [-0.25, -0.2) is 0 Å². The number of allylic oxidation sites excluding steroid dienone is 1. The molecule has 27 heavy (non-hydrogen) atoms. The molecule has 2 aliphatic rings. The van der Waals surface area contributed by atoms with E-state index in [9.17, 15) is 28.0 Å². The summed E-state index contributed by atoms with van der Waals surface area (Å²) in [6.07, 6.45) is -0.196. The van der Waals surface area contributed by atoms with Gasteiger partial charge in [0, 0.05) is 36.3 Å². The number of Topliss-reactive ketones (excluding diaryl/α,β-unsaturated/α-hetero) is 1. The molecule has 0 radical (unpaired) electrons. The number of nitrogens with zero attached hydrogens (tertiary/aromatic N) is 3. The fourth-order valence-electron chi connectivity index (χ4n) is 4.14. The summed E-state index contributed by atoms with van der Waals surface area (Å²) < 4.78 is 39.6. The van der Waals surface area contributed by atoms with Gasteiger partial charge in [0.1, 0.15) is 6.07 Å². The molecule has 5 nitrogen and oxygen atoms in total. The topological polar surface area (TPSA) is 74.1 Å². The van der Waals surface area contributed by atoms with Crippen LogP contribution in [0.15, 0.2) is 30.1 Å². The molecule has 1 aliphatic carbocycles. The summed E-state index contributed by atoms with van der Waals surface area (Å²) in [6, 6.07) is 2.70. The number of aromatic nitrogens is 1. The van der Waals surface area contributed by atoms with Crippen LogP contribution >= 0.6 is 0 Å². The molecule has 1 amide bonds. The van der Waals surface area contributed by atoms with Crippen LogP contribution in [-0.2, 0) is 11.0 Å². The Morgan fingerprint density at radius 3 is 2.70 bits per heavy atom. The first-order chi connectivity index (χ1) is 12.5. The largest absolute Gasteiger partial charge is 0.417 e. The Bertz CT molecular complexity index is 883. The lowest BCUT2D eigenvalue weighted by Crippen LogP contribution is -2.41. The van der Waals surface area contributed by atoms with Crippen LogP contribution in [0.5, 0.6) is 0 Å². The number of carbonyl (C=O) groups is 2. The first kappa shape index (κ1) is 19.1. The average Bonchev–Trinajstić information content (AvgIpc) is 2.99. The number of nitriles is 1. The van der Waals surface area contributed by atoms with E-state index >= 15 is 0 Å². The number of carbonyl (C=O) groups excluding carboxylic acids is 2. The van der Waals surface area contributed by atoms with Crippen molar-refractivity contribution < 1.29 is 22.8 Å². The lowest BCUT2D eigenvalue weighted by Gasteiger charge is -2.38. The summed E-state index contributed by atoms with van der Waals surface area (Å²) in [4.78, 5) is 30.1. The highest BCUT2D eigenvalue weighted by Crippen LogP contribution is 2.48. The maximum Gasteiger partial charge on any atom is 0.417 e. The van der Waals surface area contributed by atoms with Crippen LogP contribution in [0.1, 0.15) is 42.6 Å². The maximum absolute atomic E-state index is 13.2. The summed E-state index contributed by atoms with van der Waals surface area (Å²) in [5.74, 6) is -0.985. The molecular formula is C19H18F3N3O2. The molecule has 0 unspecified atom stereocenters. The lowest BCUT2D eigenvalue weighted by atomic mass is 9.64. The summed E-state index contributed by atoms with van der Waals surface area (Å²) in [6.45, 7) is 3.91. The van der Waals surface area contributed by atoms with Crippen molar-refractivity contribution in [2.75, 3.05) is 13.1 Å². The number of pyridine rings is 1. The Hall–Kier alpha value is -2.69. The summed E-state index contributed by atoms with van der Waals surface area (Å²) >= 11 is 0. The minimum Gasteiger partial charge on any atom is -0.338 e. The van der Waals surface area contributed by atoms with Crippen molar-refractivity contribution in [1.29, 1.82) is 5.26 Å². The molecular weight excluding hydrogens is 359 g/mol. The predicted octanol–water partition coefficient (Wildman–Crippen LogP) is 3.38. The molecule has 1 aliphatic heterocycles. The number of halogens is 3. The quantitative estimate of drug-likeness (QED) is 0.752. The minimum absolute atomic E-state index is 0.0536. The molecule has 0 bridgehead atoms. The molecule has 1 atom stereocenters. The van der Waals surface area contributed by atoms with Crippen molar-refractivity contribution in [1.82, 2.24) is 9.88 Å². The fraction of sp³-hybridized carbons (Fsp3) is 0.474. The Morgan fingerprint density at radius 2 is 2.07 bits per heavy atom. The zero-order valence-electron chi connectivity index (χ0n) is 14.9. The molecule has 0 aromatic carbocycles. The van der Waals surface area contributed by atoms with Crippen LogP contribution in [0.2, 0.25) is 0 Å².